The molecule has 0 amide bonds. The lowest BCUT2D eigenvalue weighted by Crippen LogP contribution is -2.39. The molecule has 2 unspecified atom stereocenters. The third-order valence-corrected chi connectivity index (χ3v) is 5.04. The van der Waals surface area contributed by atoms with Gasteiger partial charge in [0, 0.05) is 23.4 Å². The fourth-order valence-corrected chi connectivity index (χ4v) is 3.96. The van der Waals surface area contributed by atoms with Crippen molar-refractivity contribution in [3.63, 3.8) is 0 Å². The Hall–Kier alpha value is -1.42. The maximum atomic E-state index is 13.2. The van der Waals surface area contributed by atoms with Gasteiger partial charge in [-0.15, -0.1) is 0 Å². The van der Waals surface area contributed by atoms with Gasteiger partial charge in [-0.3, -0.25) is 5.10 Å². The van der Waals surface area contributed by atoms with E-state index in [9.17, 15) is 4.39 Å². The van der Waals surface area contributed by atoms with E-state index in [1.807, 2.05) is 6.07 Å². The zero-order valence-electron chi connectivity index (χ0n) is 11.1. The first-order valence-electron chi connectivity index (χ1n) is 7.08. The van der Waals surface area contributed by atoms with Crippen LogP contribution < -0.4 is 0 Å². The van der Waals surface area contributed by atoms with E-state index in [2.05, 4.69) is 22.1 Å². The molecule has 2 aliphatic rings. The molecule has 3 heterocycles. The summed E-state index contributed by atoms with van der Waals surface area (Å²) in [6.07, 6.45) is 5.00. The van der Waals surface area contributed by atoms with Crippen molar-refractivity contribution in [3.8, 4) is 0 Å². The van der Waals surface area contributed by atoms with Crippen LogP contribution in [0.5, 0.6) is 0 Å². The summed E-state index contributed by atoms with van der Waals surface area (Å²) >= 11 is 0. The van der Waals surface area contributed by atoms with Gasteiger partial charge in [0.2, 0.25) is 0 Å². The lowest BCUT2D eigenvalue weighted by molar-refractivity contribution is 0.161. The summed E-state index contributed by atoms with van der Waals surface area (Å²) < 4.78 is 13.2. The van der Waals surface area contributed by atoms with E-state index in [0.717, 1.165) is 16.6 Å². The maximum Gasteiger partial charge on any atom is 0.125 e. The van der Waals surface area contributed by atoms with Crippen molar-refractivity contribution in [3.05, 3.63) is 29.7 Å². The van der Waals surface area contributed by atoms with Crippen molar-refractivity contribution in [2.75, 3.05) is 7.05 Å². The van der Waals surface area contributed by atoms with Crippen LogP contribution in [-0.2, 0) is 0 Å². The minimum atomic E-state index is -0.203. The number of hydrogen-bond donors (Lipinski definition) is 1. The molecule has 1 aromatic carbocycles. The molecule has 0 aliphatic carbocycles. The molecule has 2 bridgehead atoms. The molecule has 1 aromatic heterocycles. The summed E-state index contributed by atoms with van der Waals surface area (Å²) in [7, 11) is 2.25. The van der Waals surface area contributed by atoms with Crippen molar-refractivity contribution in [2.24, 2.45) is 0 Å². The molecule has 0 radical (unpaired) electrons. The normalized spacial score (nSPS) is 31.2. The standard InChI is InChI=1S/C15H18FN3/c1-19-11-3-4-12(19)7-9(6-11)15-13-5-2-10(16)8-14(13)17-18-15/h2,5,8-9,11-12H,3-4,6-7H2,1H3,(H,17,18). The zero-order valence-corrected chi connectivity index (χ0v) is 11.1. The van der Waals surface area contributed by atoms with Gasteiger partial charge in [0.05, 0.1) is 11.2 Å². The molecule has 100 valence electrons. The van der Waals surface area contributed by atoms with Gasteiger partial charge >= 0.3 is 0 Å². The Bertz CT molecular complexity index is 607. The minimum Gasteiger partial charge on any atom is -0.300 e. The van der Waals surface area contributed by atoms with Crippen molar-refractivity contribution in [1.29, 1.82) is 0 Å². The van der Waals surface area contributed by atoms with Gasteiger partial charge in [0.15, 0.2) is 0 Å². The first kappa shape index (κ1) is 11.4. The smallest absolute Gasteiger partial charge is 0.125 e. The fraction of sp³-hybridized carbons (Fsp3) is 0.533. The molecule has 4 rings (SSSR count). The predicted octanol–water partition coefficient (Wildman–Crippen LogP) is 3.04. The Balaban J connectivity index is 1.72. The number of fused-ring (bicyclic) bond motifs is 3. The van der Waals surface area contributed by atoms with E-state index in [1.54, 1.807) is 0 Å². The highest BCUT2D eigenvalue weighted by Gasteiger charge is 2.39. The van der Waals surface area contributed by atoms with Crippen LogP contribution in [0.15, 0.2) is 18.2 Å². The van der Waals surface area contributed by atoms with Crippen LogP contribution >= 0.6 is 0 Å². The SMILES string of the molecule is CN1C2CCC1CC(c1n[nH]c3cc(F)ccc13)C2. The van der Waals surface area contributed by atoms with Gasteiger partial charge in [-0.25, -0.2) is 4.39 Å². The molecular formula is C15H18FN3. The highest BCUT2D eigenvalue weighted by Crippen LogP contribution is 2.43. The summed E-state index contributed by atoms with van der Waals surface area (Å²) in [5.41, 5.74) is 1.96. The highest BCUT2D eigenvalue weighted by atomic mass is 19.1. The van der Waals surface area contributed by atoms with Crippen molar-refractivity contribution in [2.45, 2.75) is 43.7 Å². The third kappa shape index (κ3) is 1.70. The van der Waals surface area contributed by atoms with E-state index in [1.165, 1.54) is 37.8 Å². The number of piperidine rings is 1. The minimum absolute atomic E-state index is 0.203. The van der Waals surface area contributed by atoms with Crippen LogP contribution in [0.1, 0.15) is 37.3 Å². The van der Waals surface area contributed by atoms with Crippen LogP contribution in [0.2, 0.25) is 0 Å². The van der Waals surface area contributed by atoms with Gasteiger partial charge in [-0.05, 0) is 50.9 Å². The number of nitrogens with one attached hydrogen (secondary N) is 1. The topological polar surface area (TPSA) is 31.9 Å². The van der Waals surface area contributed by atoms with Crippen LogP contribution in [0.3, 0.4) is 0 Å². The first-order chi connectivity index (χ1) is 9.22. The van der Waals surface area contributed by atoms with E-state index >= 15 is 0 Å². The summed E-state index contributed by atoms with van der Waals surface area (Å²) in [5.74, 6) is 0.319. The van der Waals surface area contributed by atoms with Gasteiger partial charge < -0.3 is 4.90 Å². The summed E-state index contributed by atoms with van der Waals surface area (Å²) in [6.45, 7) is 0. The lowest BCUT2D eigenvalue weighted by atomic mass is 9.87. The molecule has 0 spiro atoms. The fourth-order valence-electron chi connectivity index (χ4n) is 3.96. The Morgan fingerprint density at radius 1 is 1.26 bits per heavy atom. The second-order valence-corrected chi connectivity index (χ2v) is 6.02. The number of H-pyrrole nitrogens is 1. The molecule has 2 aromatic rings. The molecule has 4 heteroatoms. The quantitative estimate of drug-likeness (QED) is 0.853. The van der Waals surface area contributed by atoms with E-state index in [0.29, 0.717) is 18.0 Å². The lowest BCUT2D eigenvalue weighted by Gasteiger charge is -2.35. The molecule has 19 heavy (non-hydrogen) atoms. The van der Waals surface area contributed by atoms with Gasteiger partial charge in [-0.1, -0.05) is 0 Å². The average molecular weight is 259 g/mol. The monoisotopic (exact) mass is 259 g/mol. The summed E-state index contributed by atoms with van der Waals surface area (Å²) in [4.78, 5) is 2.53. The van der Waals surface area contributed by atoms with E-state index in [4.69, 9.17) is 0 Å². The molecular weight excluding hydrogens is 241 g/mol. The van der Waals surface area contributed by atoms with Gasteiger partial charge in [0.25, 0.3) is 0 Å². The summed E-state index contributed by atoms with van der Waals surface area (Å²) in [5, 5.41) is 8.55. The van der Waals surface area contributed by atoms with Crippen molar-refractivity contribution in [1.82, 2.24) is 15.1 Å². The molecule has 1 N–H and O–H groups in total. The maximum absolute atomic E-state index is 13.2. The summed E-state index contributed by atoms with van der Waals surface area (Å²) in [6, 6.07) is 6.34. The number of benzene rings is 1. The number of hydrogen-bond acceptors (Lipinski definition) is 2. The first-order valence-corrected chi connectivity index (χ1v) is 7.08. The molecule has 2 atom stereocenters. The molecule has 2 saturated heterocycles. The van der Waals surface area contributed by atoms with E-state index in [-0.39, 0.29) is 5.82 Å². The highest BCUT2D eigenvalue weighted by molar-refractivity contribution is 5.81. The number of rotatable bonds is 1. The van der Waals surface area contributed by atoms with Gasteiger partial charge in [0.1, 0.15) is 5.82 Å². The molecule has 0 saturated carbocycles. The third-order valence-electron chi connectivity index (χ3n) is 5.04. The number of aromatic nitrogens is 2. The zero-order chi connectivity index (χ0) is 13.0. The Morgan fingerprint density at radius 2 is 2.00 bits per heavy atom. The number of nitrogens with zero attached hydrogens (tertiary/aromatic N) is 2. The van der Waals surface area contributed by atoms with Gasteiger partial charge in [-0.2, -0.15) is 5.10 Å². The van der Waals surface area contributed by atoms with E-state index < -0.39 is 0 Å². The second-order valence-electron chi connectivity index (χ2n) is 6.02. The molecule has 3 nitrogen and oxygen atoms in total. The van der Waals surface area contributed by atoms with Crippen LogP contribution in [-0.4, -0.2) is 34.2 Å². The van der Waals surface area contributed by atoms with Crippen molar-refractivity contribution < 1.29 is 4.39 Å². The van der Waals surface area contributed by atoms with Crippen LogP contribution in [0.25, 0.3) is 10.9 Å². The Morgan fingerprint density at radius 3 is 2.74 bits per heavy atom. The molecule has 2 aliphatic heterocycles. The van der Waals surface area contributed by atoms with Crippen LogP contribution in [0, 0.1) is 5.82 Å². The molecule has 2 fully saturated rings. The largest absolute Gasteiger partial charge is 0.300 e. The number of halogens is 1. The number of aromatic amines is 1. The van der Waals surface area contributed by atoms with Crippen molar-refractivity contribution >= 4 is 10.9 Å². The predicted molar refractivity (Wildman–Crippen MR) is 72.6 cm³/mol. The second kappa shape index (κ2) is 4.04. The Kier molecular flexibility index (Phi) is 2.42. The Labute approximate surface area is 111 Å². The van der Waals surface area contributed by atoms with Crippen LogP contribution in [0.4, 0.5) is 4.39 Å². The average Bonchev–Trinajstić information content (AvgIpc) is 2.87.